The summed E-state index contributed by atoms with van der Waals surface area (Å²) in [6.07, 6.45) is 3.52. The van der Waals surface area contributed by atoms with Gasteiger partial charge in [-0.05, 0) is 12.8 Å². The number of hydrogen-bond donors (Lipinski definition) is 1. The molecule has 2 rings (SSSR count). The van der Waals surface area contributed by atoms with Crippen molar-refractivity contribution in [2.24, 2.45) is 0 Å². The maximum atomic E-state index is 11.5. The molecule has 0 aromatic carbocycles. The molecule has 2 heterocycles. The molecule has 0 aliphatic carbocycles. The number of rotatable bonds is 1. The Hall–Kier alpha value is -1.52. The van der Waals surface area contributed by atoms with Gasteiger partial charge in [0, 0.05) is 12.7 Å². The molecule has 2 aliphatic heterocycles. The Morgan fingerprint density at radius 1 is 1.71 bits per heavy atom. The quantitative estimate of drug-likeness (QED) is 0.579. The van der Waals surface area contributed by atoms with Crippen molar-refractivity contribution < 1.29 is 14.3 Å². The molecular formula is C9H12N2O3. The molecule has 1 saturated heterocycles. The van der Waals surface area contributed by atoms with Crippen LogP contribution in [0.4, 0.5) is 0 Å². The van der Waals surface area contributed by atoms with Gasteiger partial charge >= 0.3 is 5.97 Å². The highest BCUT2D eigenvalue weighted by Crippen LogP contribution is 2.21. The summed E-state index contributed by atoms with van der Waals surface area (Å²) in [6.45, 7) is 0.832. The van der Waals surface area contributed by atoms with Crippen LogP contribution < -0.4 is 5.32 Å². The van der Waals surface area contributed by atoms with E-state index in [2.05, 4.69) is 10.1 Å². The number of carbonyl (C=O) groups is 2. The lowest BCUT2D eigenvalue weighted by atomic mass is 10.2. The van der Waals surface area contributed by atoms with Crippen LogP contribution in [0.5, 0.6) is 0 Å². The average Bonchev–Trinajstić information content (AvgIpc) is 2.64. The molecule has 2 aliphatic rings. The number of nitrogens with zero attached hydrogens (tertiary/aromatic N) is 1. The Labute approximate surface area is 81.7 Å². The van der Waals surface area contributed by atoms with Crippen LogP contribution in [0.3, 0.4) is 0 Å². The standard InChI is InChI=1S/C9H12N2O3/c1-14-9(13)6-5-11-4-2-3-7(11)8(12)10-6/h5,7H,2-4H2,1H3,(H,10,12)/t7-/m0/s1. The molecule has 76 valence electrons. The Morgan fingerprint density at radius 3 is 3.21 bits per heavy atom. The van der Waals surface area contributed by atoms with Gasteiger partial charge in [-0.2, -0.15) is 0 Å². The van der Waals surface area contributed by atoms with Crippen molar-refractivity contribution in [1.29, 1.82) is 0 Å². The predicted molar refractivity (Wildman–Crippen MR) is 48.0 cm³/mol. The van der Waals surface area contributed by atoms with Crippen LogP contribution in [0.25, 0.3) is 0 Å². The minimum Gasteiger partial charge on any atom is -0.464 e. The normalized spacial score (nSPS) is 25.2. The smallest absolute Gasteiger partial charge is 0.356 e. The molecule has 5 heteroatoms. The summed E-state index contributed by atoms with van der Waals surface area (Å²) in [7, 11) is 1.30. The van der Waals surface area contributed by atoms with Gasteiger partial charge in [0.05, 0.1) is 7.11 Å². The van der Waals surface area contributed by atoms with E-state index in [0.717, 1.165) is 19.4 Å². The largest absolute Gasteiger partial charge is 0.464 e. The van der Waals surface area contributed by atoms with Crippen LogP contribution in [-0.2, 0) is 14.3 Å². The molecule has 0 aromatic heterocycles. The van der Waals surface area contributed by atoms with E-state index in [9.17, 15) is 9.59 Å². The zero-order valence-electron chi connectivity index (χ0n) is 7.95. The van der Waals surface area contributed by atoms with Crippen molar-refractivity contribution in [3.63, 3.8) is 0 Å². The van der Waals surface area contributed by atoms with E-state index in [1.165, 1.54) is 7.11 Å². The third-order valence-corrected chi connectivity index (χ3v) is 2.55. The second-order valence-electron chi connectivity index (χ2n) is 3.42. The van der Waals surface area contributed by atoms with Crippen molar-refractivity contribution in [3.8, 4) is 0 Å². The van der Waals surface area contributed by atoms with Crippen molar-refractivity contribution >= 4 is 11.9 Å². The summed E-state index contributed by atoms with van der Waals surface area (Å²) in [6, 6.07) is -0.0941. The van der Waals surface area contributed by atoms with Gasteiger partial charge in [-0.15, -0.1) is 0 Å². The third kappa shape index (κ3) is 1.34. The summed E-state index contributed by atoms with van der Waals surface area (Å²) in [5.41, 5.74) is 0.232. The number of ether oxygens (including phenoxy) is 1. The van der Waals surface area contributed by atoms with Crippen LogP contribution in [0, 0.1) is 0 Å². The van der Waals surface area contributed by atoms with Gasteiger partial charge in [-0.25, -0.2) is 4.79 Å². The van der Waals surface area contributed by atoms with Gasteiger partial charge in [0.1, 0.15) is 11.7 Å². The third-order valence-electron chi connectivity index (χ3n) is 2.55. The molecule has 1 amide bonds. The lowest BCUT2D eigenvalue weighted by Gasteiger charge is -2.27. The predicted octanol–water partition coefficient (Wildman–Crippen LogP) is -0.405. The molecule has 1 fully saturated rings. The monoisotopic (exact) mass is 196 g/mol. The van der Waals surface area contributed by atoms with E-state index >= 15 is 0 Å². The van der Waals surface area contributed by atoms with E-state index in [1.807, 2.05) is 4.90 Å². The zero-order valence-corrected chi connectivity index (χ0v) is 7.95. The SMILES string of the molecule is COC(=O)C1=CN2CCC[C@H]2C(=O)N1. The lowest BCUT2D eigenvalue weighted by Crippen LogP contribution is -2.47. The van der Waals surface area contributed by atoms with E-state index in [0.29, 0.717) is 0 Å². The second kappa shape index (κ2) is 3.32. The maximum Gasteiger partial charge on any atom is 0.356 e. The highest BCUT2D eigenvalue weighted by atomic mass is 16.5. The van der Waals surface area contributed by atoms with E-state index < -0.39 is 5.97 Å². The molecule has 1 N–H and O–H groups in total. The maximum absolute atomic E-state index is 11.5. The molecule has 0 unspecified atom stereocenters. The summed E-state index contributed by atoms with van der Waals surface area (Å²) < 4.78 is 4.54. The van der Waals surface area contributed by atoms with Crippen LogP contribution >= 0.6 is 0 Å². The number of hydrogen-bond acceptors (Lipinski definition) is 4. The van der Waals surface area contributed by atoms with Crippen molar-refractivity contribution in [2.75, 3.05) is 13.7 Å². The molecular weight excluding hydrogens is 184 g/mol. The van der Waals surface area contributed by atoms with Crippen LogP contribution in [0.1, 0.15) is 12.8 Å². The molecule has 5 nitrogen and oxygen atoms in total. The molecule has 0 radical (unpaired) electrons. The zero-order chi connectivity index (χ0) is 10.1. The summed E-state index contributed by atoms with van der Waals surface area (Å²) in [5.74, 6) is -0.603. The molecule has 0 spiro atoms. The fraction of sp³-hybridized carbons (Fsp3) is 0.556. The molecule has 1 atom stereocenters. The van der Waals surface area contributed by atoms with Crippen LogP contribution in [-0.4, -0.2) is 36.5 Å². The Balaban J connectivity index is 2.21. The number of fused-ring (bicyclic) bond motifs is 1. The fourth-order valence-electron chi connectivity index (χ4n) is 1.85. The van der Waals surface area contributed by atoms with Crippen molar-refractivity contribution in [3.05, 3.63) is 11.9 Å². The first kappa shape index (κ1) is 9.05. The van der Waals surface area contributed by atoms with Crippen LogP contribution in [0.2, 0.25) is 0 Å². The molecule has 0 bridgehead atoms. The highest BCUT2D eigenvalue weighted by Gasteiger charge is 2.34. The van der Waals surface area contributed by atoms with E-state index in [4.69, 9.17) is 0 Å². The molecule has 14 heavy (non-hydrogen) atoms. The van der Waals surface area contributed by atoms with E-state index in [1.54, 1.807) is 6.20 Å². The van der Waals surface area contributed by atoms with Gasteiger partial charge in [-0.1, -0.05) is 0 Å². The van der Waals surface area contributed by atoms with Gasteiger partial charge in [0.25, 0.3) is 0 Å². The lowest BCUT2D eigenvalue weighted by molar-refractivity contribution is -0.139. The Kier molecular flexibility index (Phi) is 2.15. The summed E-state index contributed by atoms with van der Waals surface area (Å²) in [5, 5.41) is 2.54. The fourth-order valence-corrected chi connectivity index (χ4v) is 1.85. The first-order chi connectivity index (χ1) is 6.72. The van der Waals surface area contributed by atoms with Gasteiger partial charge in [0.2, 0.25) is 5.91 Å². The van der Waals surface area contributed by atoms with Crippen molar-refractivity contribution in [1.82, 2.24) is 10.2 Å². The Bertz CT molecular complexity index is 311. The van der Waals surface area contributed by atoms with Gasteiger partial charge < -0.3 is 15.0 Å². The van der Waals surface area contributed by atoms with Gasteiger partial charge in [-0.3, -0.25) is 4.79 Å². The van der Waals surface area contributed by atoms with Crippen LogP contribution in [0.15, 0.2) is 11.9 Å². The molecule has 0 aromatic rings. The highest BCUT2D eigenvalue weighted by molar-refractivity contribution is 5.96. The van der Waals surface area contributed by atoms with E-state index in [-0.39, 0.29) is 17.6 Å². The minimum atomic E-state index is -0.497. The summed E-state index contributed by atoms with van der Waals surface area (Å²) in [4.78, 5) is 24.6. The number of methoxy groups -OCH3 is 1. The second-order valence-corrected chi connectivity index (χ2v) is 3.42. The Morgan fingerprint density at radius 2 is 2.50 bits per heavy atom. The number of nitrogens with one attached hydrogen (secondary N) is 1. The van der Waals surface area contributed by atoms with Gasteiger partial charge in [0.15, 0.2) is 0 Å². The number of amides is 1. The first-order valence-corrected chi connectivity index (χ1v) is 4.59. The first-order valence-electron chi connectivity index (χ1n) is 4.59. The minimum absolute atomic E-state index is 0.0941. The number of esters is 1. The van der Waals surface area contributed by atoms with Crippen molar-refractivity contribution in [2.45, 2.75) is 18.9 Å². The number of carbonyl (C=O) groups excluding carboxylic acids is 2. The average molecular weight is 196 g/mol. The topological polar surface area (TPSA) is 58.6 Å². The summed E-state index contributed by atoms with van der Waals surface area (Å²) >= 11 is 0. The molecule has 0 saturated carbocycles.